The van der Waals surface area contributed by atoms with E-state index in [4.69, 9.17) is 61.8 Å². The van der Waals surface area contributed by atoms with E-state index >= 15 is 0 Å². The van der Waals surface area contributed by atoms with E-state index in [2.05, 4.69) is 172 Å². The minimum Gasteiger partial charge on any atom is -0.389 e. The van der Waals surface area contributed by atoms with Crippen LogP contribution in [0.1, 0.15) is 52.9 Å². The highest BCUT2D eigenvalue weighted by molar-refractivity contribution is 9.09. The molecule has 0 aromatic carbocycles. The Morgan fingerprint density at radius 2 is 0.827 bits per heavy atom. The van der Waals surface area contributed by atoms with E-state index in [1.54, 1.807) is 75.6 Å². The van der Waals surface area contributed by atoms with Gasteiger partial charge in [-0.25, -0.2) is 25.0 Å². The lowest BCUT2D eigenvalue weighted by Gasteiger charge is -2.37. The molecule has 110 heavy (non-hydrogen) atoms. The van der Waals surface area contributed by atoms with Crippen molar-refractivity contribution in [2.45, 2.75) is 172 Å². The van der Waals surface area contributed by atoms with Crippen LogP contribution in [0.15, 0.2) is 148 Å². The molecule has 29 nitrogen and oxygen atoms in total. The fraction of sp³-hybridized carbons (Fsp3) is 0.600. The number of rotatable bonds is 20. The summed E-state index contributed by atoms with van der Waals surface area (Å²) < 4.78 is 42.1. The Bertz CT molecular complexity index is 4030. The number of aliphatic hydroxyl groups excluding tert-OH is 6. The number of nitrogens with two attached hydrogens (primary N) is 5. The minimum atomic E-state index is -1.43. The van der Waals surface area contributed by atoms with E-state index in [9.17, 15) is 35.7 Å². The first kappa shape index (κ1) is 90.7. The van der Waals surface area contributed by atoms with Crippen LogP contribution in [0.4, 0.5) is 0 Å². The Labute approximate surface area is 660 Å². The van der Waals surface area contributed by atoms with Gasteiger partial charge in [0.2, 0.25) is 0 Å². The maximum Gasteiger partial charge on any atom is 0.166 e. The molecule has 0 amide bonds. The summed E-state index contributed by atoms with van der Waals surface area (Å²) in [7, 11) is 0. The zero-order valence-corrected chi connectivity index (χ0v) is 72.5. The molecule has 0 aromatic heterocycles. The van der Waals surface area contributed by atoms with Crippen molar-refractivity contribution in [1.82, 2.24) is 24.5 Å². The Kier molecular flexibility index (Phi) is 28.8. The molecule has 0 unspecified atom stereocenters. The van der Waals surface area contributed by atoms with Crippen LogP contribution in [0.25, 0.3) is 0 Å². The summed E-state index contributed by atoms with van der Waals surface area (Å²) in [6.45, 7) is 41.2. The molecule has 7 saturated heterocycles. The maximum absolute atomic E-state index is 10.7. The van der Waals surface area contributed by atoms with Crippen molar-refractivity contribution in [3.63, 3.8) is 0 Å². The number of hydrogen-bond donors (Lipinski definition) is 12. The molecule has 0 saturated carbocycles. The van der Waals surface area contributed by atoms with Crippen LogP contribution in [0.2, 0.25) is 0 Å². The van der Waals surface area contributed by atoms with Crippen molar-refractivity contribution in [1.29, 1.82) is 0 Å². The van der Waals surface area contributed by atoms with Gasteiger partial charge in [-0.3, -0.25) is 0 Å². The number of alkyl halides is 1. The van der Waals surface area contributed by atoms with Crippen molar-refractivity contribution < 1.29 is 68.9 Å². The highest BCUT2D eigenvalue weighted by Crippen LogP contribution is 2.51. The lowest BCUT2D eigenvalue weighted by Crippen LogP contribution is -2.51. The van der Waals surface area contributed by atoms with E-state index in [1.165, 1.54) is 0 Å². The lowest BCUT2D eigenvalue weighted by atomic mass is 9.94. The second-order valence-electron chi connectivity index (χ2n) is 34.0. The van der Waals surface area contributed by atoms with Crippen molar-refractivity contribution in [2.24, 2.45) is 53.6 Å². The van der Waals surface area contributed by atoms with Crippen molar-refractivity contribution in [3.05, 3.63) is 123 Å². The summed E-state index contributed by atoms with van der Waals surface area (Å²) >= 11 is 3.53. The van der Waals surface area contributed by atoms with Crippen LogP contribution in [-0.4, -0.2) is 351 Å². The van der Waals surface area contributed by atoms with Crippen molar-refractivity contribution in [3.8, 4) is 0 Å². The van der Waals surface area contributed by atoms with Crippen LogP contribution >= 0.6 is 50.4 Å². The molecule has 20 atom stereocenters. The second kappa shape index (κ2) is 34.9. The van der Waals surface area contributed by atoms with Crippen molar-refractivity contribution in [2.75, 3.05) is 111 Å². The number of hydrogen-bond acceptors (Lipinski definition) is 29. The normalized spacial score (nSPS) is 36.0. The van der Waals surface area contributed by atoms with Gasteiger partial charge in [-0.2, -0.15) is 0 Å². The van der Waals surface area contributed by atoms with Gasteiger partial charge in [-0.05, 0) is 175 Å². The summed E-state index contributed by atoms with van der Waals surface area (Å²) in [5.74, 6) is 4.24. The third kappa shape index (κ3) is 22.0. The average Bonchev–Trinajstić information content (AvgIpc) is 1.58. The molecule has 17 N–H and O–H groups in total. The van der Waals surface area contributed by atoms with Crippen LogP contribution in [0, 0.1) is 0 Å². The van der Waals surface area contributed by atoms with Gasteiger partial charge >= 0.3 is 0 Å². The predicted octanol–water partition coefficient (Wildman–Crippen LogP) is 4.34. The van der Waals surface area contributed by atoms with E-state index < -0.39 is 137 Å². The molecule has 0 aromatic rings. The smallest absolute Gasteiger partial charge is 0.166 e. The molecular weight excluding hydrogens is 1570 g/mol. The number of nitrogens with zero attached hydrogens (tertiary/aromatic N) is 10. The van der Waals surface area contributed by atoms with Gasteiger partial charge in [0.25, 0.3) is 0 Å². The highest BCUT2D eigenvalue weighted by atomic mass is 79.9. The molecule has 0 aliphatic carbocycles. The number of aliphatic imine (C=N–C) groups is 5. The Morgan fingerprint density at radius 1 is 0.464 bits per heavy atom. The largest absolute Gasteiger partial charge is 0.389 e. The Balaban J connectivity index is 0.000000173. The van der Waals surface area contributed by atoms with Crippen LogP contribution in [0.3, 0.4) is 0 Å². The number of amidine groups is 5. The van der Waals surface area contributed by atoms with E-state index in [-0.39, 0.29) is 17.2 Å². The first-order valence-corrected chi connectivity index (χ1v) is 52.7. The molecule has 616 valence electrons. The zero-order valence-electron chi connectivity index (χ0n) is 66.5. The quantitative estimate of drug-likeness (QED) is 0.0596. The summed E-state index contributed by atoms with van der Waals surface area (Å²) in [6.07, 6.45) is 35.7. The maximum atomic E-state index is 10.7. The molecule has 12 aliphatic heterocycles. The van der Waals surface area contributed by atoms with E-state index in [1.807, 2.05) is 24.9 Å². The summed E-state index contributed by atoms with van der Waals surface area (Å²) in [6, 6.07) is 0. The van der Waals surface area contributed by atoms with E-state index in [0.717, 1.165) is 55.6 Å². The molecule has 4 bridgehead atoms. The summed E-state index contributed by atoms with van der Waals surface area (Å²) in [5, 5.41) is 73.6. The first-order chi connectivity index (χ1) is 50.6. The Morgan fingerprint density at radius 3 is 1.24 bits per heavy atom. The topological polar surface area (TPSA) is 414 Å². The second-order valence-corrected chi connectivity index (χ2v) is 56.7. The van der Waals surface area contributed by atoms with Gasteiger partial charge in [0.05, 0.1) is 42.0 Å². The van der Waals surface area contributed by atoms with Crippen molar-refractivity contribution >= 4 is 111 Å². The summed E-state index contributed by atoms with van der Waals surface area (Å²) in [5.41, 5.74) is 25.7. The van der Waals surface area contributed by atoms with Crippen LogP contribution in [-0.2, 0) is 33.2 Å². The fourth-order valence-electron chi connectivity index (χ4n) is 13.9. The lowest BCUT2D eigenvalue weighted by molar-refractivity contribution is -0.181. The molecule has 0 radical (unpaired) electrons. The van der Waals surface area contributed by atoms with E-state index in [0.29, 0.717) is 84.3 Å². The van der Waals surface area contributed by atoms with Crippen LogP contribution in [0.5, 0.6) is 0 Å². The van der Waals surface area contributed by atoms with Gasteiger partial charge in [-0.15, -0.1) is 65.9 Å². The first-order valence-electron chi connectivity index (χ1n) is 36.5. The molecule has 7 fully saturated rings. The standard InChI is InChI=1S/C16H26N3O3P.C15H24N3O3P.2C15H26N3O3P.C14H23BrN3O2P/c1-10-8-19(11(2)18-14(10)17)15-12-13(20)16(22-15,9-21-12)6-7-23(3,4)5;1-10-17-11(16)5-7-18(10)14-12-13(19)15(21-14,9-20-12)6-8-22(2,3)4;1-10-17-12(16)6-8-18(10)14-15(2,20)13(19)11(21-14)7-9-22(3,4)5;1-10-17-11(16)6-8-18(10)14-12(19)13(20)15(2,21-14)7-9-22(3,4)5;1-9-17-11(16)5-7-18(9)14-12(15)13(19)10(20-14)6-8-21(2,3)4/h8,12-13,15,20H,2-3,6-7,9H2,1,4-5H3,(H2,17,18);5,7,12-14,19H,1-2,6,8-9H2,3-4H3,(H2,16,17);6,8,11,13-14,19-20H,1,3,7,9H2,2,4-5H3,(H2,16,17);6,8,12-14,19-20H,1,3,7,9H2,2,4-5H3,(H2,16,17);5,7,10,12-14,19H,1-2,6,8H2,3-4H3,(H2,16,17)/t12-,13+,15-,16+;12-,13+,14-,15+;11-,13-,14-,15-;12-,13+,14-,15-;10-,12-,13-,14-/m11111/s1. The van der Waals surface area contributed by atoms with Gasteiger partial charge in [0.15, 0.2) is 31.1 Å². The highest BCUT2D eigenvalue weighted by Gasteiger charge is 2.64. The van der Waals surface area contributed by atoms with Gasteiger partial charge in [0.1, 0.15) is 118 Å². The number of fused-ring (bicyclic) bond motifs is 4. The third-order valence-electron chi connectivity index (χ3n) is 20.7. The van der Waals surface area contributed by atoms with Crippen LogP contribution < -0.4 is 28.7 Å². The molecule has 12 aliphatic rings. The Hall–Kier alpha value is -4.83. The van der Waals surface area contributed by atoms with Gasteiger partial charge in [0, 0.05) is 36.6 Å². The SMILES string of the molecule is C=C1N=C(N)C(C)=CN1[C@@H]1O[C@@]2(CCP(=C)(C)C)CO[C@@H]1[C@@H]2O.C=C1N=C(N)C=CN1[C@@H]1O[C@@]2(CCP(=C)(C)C)CO[C@@H]1[C@@H]2O.C=C1N=C(N)C=CN1[C@@H]1O[C@H](CCP(=C)(C)C)[C@@H](O)[C@@]1(C)O.C=C1N=C(N)C=CN1[C@@H]1O[C@H](CCP(=C)(C)C)[C@@H](O)[C@H]1Br.C=C1N=C(N)C=CN1[C@@H]1O[C@](C)(CCP(=C)(C)C)[C@@H](O)[C@H]1O. The number of aliphatic hydroxyl groups is 7. The van der Waals surface area contributed by atoms with Gasteiger partial charge < -0.3 is 122 Å². The molecule has 35 heteroatoms. The zero-order chi connectivity index (χ0) is 82.3. The fourth-order valence-corrected chi connectivity index (χ4v) is 19.5. The predicted molar refractivity (Wildman–Crippen MR) is 465 cm³/mol. The third-order valence-corrected chi connectivity index (χ3v) is 28.9. The summed E-state index contributed by atoms with van der Waals surface area (Å²) in [4.78, 5) is 29.0. The average molecular weight is 1700 g/mol. The molecule has 12 heterocycles. The number of ether oxygens (including phenoxy) is 7. The molecule has 0 spiro atoms. The molecule has 12 rings (SSSR count). The minimum absolute atomic E-state index is 0.204. The number of halogens is 1. The monoisotopic (exact) mass is 1690 g/mol. The molecular formula is C75H125BrN15O14P5. The van der Waals surface area contributed by atoms with Gasteiger partial charge in [-0.1, -0.05) is 48.8 Å².